The summed E-state index contributed by atoms with van der Waals surface area (Å²) in [5, 5.41) is 9.93. The van der Waals surface area contributed by atoms with Gasteiger partial charge in [0.1, 0.15) is 11.5 Å². The Kier molecular flexibility index (Phi) is 2.82. The lowest BCUT2D eigenvalue weighted by atomic mass is 9.82. The monoisotopic (exact) mass is 207 g/mol. The molecule has 0 spiro atoms. The van der Waals surface area contributed by atoms with Gasteiger partial charge in [-0.05, 0) is 37.4 Å². The first kappa shape index (κ1) is 10.3. The lowest BCUT2D eigenvalue weighted by Gasteiger charge is -2.25. The molecular formula is C12H17NO2. The van der Waals surface area contributed by atoms with Gasteiger partial charge in [-0.25, -0.2) is 0 Å². The molecule has 1 aromatic carbocycles. The lowest BCUT2D eigenvalue weighted by molar-refractivity contribution is 0.400. The molecule has 1 aromatic rings. The van der Waals surface area contributed by atoms with Gasteiger partial charge in [0, 0.05) is 17.5 Å². The zero-order chi connectivity index (χ0) is 10.8. The predicted molar refractivity (Wildman–Crippen MR) is 59.4 cm³/mol. The van der Waals surface area contributed by atoms with Crippen LogP contribution >= 0.6 is 0 Å². The summed E-state index contributed by atoms with van der Waals surface area (Å²) in [7, 11) is 1.62. The van der Waals surface area contributed by atoms with Crippen molar-refractivity contribution in [3.63, 3.8) is 0 Å². The molecule has 0 saturated heterocycles. The van der Waals surface area contributed by atoms with Gasteiger partial charge in [-0.15, -0.1) is 0 Å². The van der Waals surface area contributed by atoms with Crippen LogP contribution in [0.15, 0.2) is 12.1 Å². The highest BCUT2D eigenvalue weighted by Crippen LogP contribution is 2.39. The minimum atomic E-state index is 0.305. The van der Waals surface area contributed by atoms with Crippen LogP contribution in [-0.2, 0) is 6.42 Å². The Balaban J connectivity index is 2.47. The number of phenols is 1. The van der Waals surface area contributed by atoms with Gasteiger partial charge in [0.25, 0.3) is 0 Å². The maximum atomic E-state index is 9.93. The summed E-state index contributed by atoms with van der Waals surface area (Å²) in [6.45, 7) is 0.604. The molecule has 3 N–H and O–H groups in total. The van der Waals surface area contributed by atoms with Gasteiger partial charge in [-0.3, -0.25) is 0 Å². The minimum Gasteiger partial charge on any atom is -0.508 e. The zero-order valence-corrected chi connectivity index (χ0v) is 8.99. The van der Waals surface area contributed by atoms with Crippen LogP contribution in [0.3, 0.4) is 0 Å². The lowest BCUT2D eigenvalue weighted by Crippen LogP contribution is -2.18. The largest absolute Gasteiger partial charge is 0.508 e. The van der Waals surface area contributed by atoms with Crippen LogP contribution in [0.4, 0.5) is 0 Å². The maximum absolute atomic E-state index is 9.93. The SMILES string of the molecule is COc1cc(O)c2c(c1)CCCC2CN. The van der Waals surface area contributed by atoms with E-state index in [9.17, 15) is 5.11 Å². The molecule has 2 rings (SSSR count). The number of ether oxygens (including phenoxy) is 1. The molecule has 0 bridgehead atoms. The molecule has 0 aliphatic heterocycles. The fourth-order valence-corrected chi connectivity index (χ4v) is 2.38. The fourth-order valence-electron chi connectivity index (χ4n) is 2.38. The van der Waals surface area contributed by atoms with E-state index in [-0.39, 0.29) is 0 Å². The quantitative estimate of drug-likeness (QED) is 0.777. The number of fused-ring (bicyclic) bond motifs is 1. The van der Waals surface area contributed by atoms with Crippen molar-refractivity contribution in [3.8, 4) is 11.5 Å². The molecule has 1 aliphatic carbocycles. The van der Waals surface area contributed by atoms with Gasteiger partial charge >= 0.3 is 0 Å². The maximum Gasteiger partial charge on any atom is 0.123 e. The molecule has 0 radical (unpaired) electrons. The van der Waals surface area contributed by atoms with Gasteiger partial charge in [-0.2, -0.15) is 0 Å². The first-order chi connectivity index (χ1) is 7.26. The van der Waals surface area contributed by atoms with Crippen LogP contribution in [0.1, 0.15) is 29.9 Å². The van der Waals surface area contributed by atoms with E-state index in [0.29, 0.717) is 18.2 Å². The molecule has 1 aliphatic rings. The average Bonchev–Trinajstić information content (AvgIpc) is 2.27. The number of benzene rings is 1. The van der Waals surface area contributed by atoms with Crippen molar-refractivity contribution < 1.29 is 9.84 Å². The van der Waals surface area contributed by atoms with Crippen LogP contribution < -0.4 is 10.5 Å². The zero-order valence-electron chi connectivity index (χ0n) is 8.99. The Bertz CT molecular complexity index is 363. The number of hydrogen-bond donors (Lipinski definition) is 2. The molecule has 3 heteroatoms. The van der Waals surface area contributed by atoms with Crippen LogP contribution in [0.5, 0.6) is 11.5 Å². The molecule has 0 saturated carbocycles. The highest BCUT2D eigenvalue weighted by atomic mass is 16.5. The van der Waals surface area contributed by atoms with Gasteiger partial charge in [0.15, 0.2) is 0 Å². The van der Waals surface area contributed by atoms with Crippen molar-refractivity contribution in [1.29, 1.82) is 0 Å². The number of aryl methyl sites for hydroxylation is 1. The first-order valence-corrected chi connectivity index (χ1v) is 5.36. The Morgan fingerprint density at radius 3 is 3.00 bits per heavy atom. The molecule has 1 atom stereocenters. The Labute approximate surface area is 89.9 Å². The second-order valence-corrected chi connectivity index (χ2v) is 4.04. The van der Waals surface area contributed by atoms with Gasteiger partial charge < -0.3 is 15.6 Å². The number of methoxy groups -OCH3 is 1. The summed E-state index contributed by atoms with van der Waals surface area (Å²) in [5.41, 5.74) is 7.94. The molecule has 0 heterocycles. The van der Waals surface area contributed by atoms with E-state index in [2.05, 4.69) is 0 Å². The van der Waals surface area contributed by atoms with Gasteiger partial charge in [0.05, 0.1) is 7.11 Å². The molecule has 1 unspecified atom stereocenters. The second kappa shape index (κ2) is 4.11. The fraction of sp³-hybridized carbons (Fsp3) is 0.500. The normalized spacial score (nSPS) is 19.7. The number of nitrogens with two attached hydrogens (primary N) is 1. The number of phenolic OH excluding ortho intramolecular Hbond substituents is 1. The van der Waals surface area contributed by atoms with Crippen LogP contribution in [-0.4, -0.2) is 18.8 Å². The topological polar surface area (TPSA) is 55.5 Å². The highest BCUT2D eigenvalue weighted by Gasteiger charge is 2.23. The molecule has 15 heavy (non-hydrogen) atoms. The van der Waals surface area contributed by atoms with Crippen LogP contribution in [0.2, 0.25) is 0 Å². The molecule has 0 aromatic heterocycles. The van der Waals surface area contributed by atoms with Crippen molar-refractivity contribution in [2.75, 3.05) is 13.7 Å². The van der Waals surface area contributed by atoms with E-state index in [4.69, 9.17) is 10.5 Å². The minimum absolute atomic E-state index is 0.305. The Morgan fingerprint density at radius 2 is 2.33 bits per heavy atom. The number of hydrogen-bond acceptors (Lipinski definition) is 3. The van der Waals surface area contributed by atoms with E-state index < -0.39 is 0 Å². The average molecular weight is 207 g/mol. The Morgan fingerprint density at radius 1 is 1.53 bits per heavy atom. The third kappa shape index (κ3) is 1.79. The Hall–Kier alpha value is -1.22. The predicted octanol–water partition coefficient (Wildman–Crippen LogP) is 1.78. The number of rotatable bonds is 2. The highest BCUT2D eigenvalue weighted by molar-refractivity contribution is 5.49. The van der Waals surface area contributed by atoms with Crippen LogP contribution in [0, 0.1) is 0 Å². The molecule has 0 fully saturated rings. The standard InChI is InChI=1S/C12H17NO2/c1-15-10-5-8-3-2-4-9(7-13)12(8)11(14)6-10/h5-6,9,14H,2-4,7,13H2,1H3. The van der Waals surface area contributed by atoms with Crippen molar-refractivity contribution in [1.82, 2.24) is 0 Å². The molecule has 0 amide bonds. The second-order valence-electron chi connectivity index (χ2n) is 4.04. The molecular weight excluding hydrogens is 190 g/mol. The van der Waals surface area contributed by atoms with Crippen molar-refractivity contribution in [3.05, 3.63) is 23.3 Å². The number of aromatic hydroxyl groups is 1. The summed E-state index contributed by atoms with van der Waals surface area (Å²) in [6.07, 6.45) is 3.22. The van der Waals surface area contributed by atoms with E-state index >= 15 is 0 Å². The van der Waals surface area contributed by atoms with Crippen molar-refractivity contribution >= 4 is 0 Å². The van der Waals surface area contributed by atoms with E-state index in [1.54, 1.807) is 13.2 Å². The first-order valence-electron chi connectivity index (χ1n) is 5.36. The van der Waals surface area contributed by atoms with E-state index in [0.717, 1.165) is 30.6 Å². The van der Waals surface area contributed by atoms with Crippen molar-refractivity contribution in [2.45, 2.75) is 25.2 Å². The molecule has 3 nitrogen and oxygen atoms in total. The molecule has 82 valence electrons. The van der Waals surface area contributed by atoms with E-state index in [1.165, 1.54) is 5.56 Å². The summed E-state index contributed by atoms with van der Waals surface area (Å²) < 4.78 is 5.14. The summed E-state index contributed by atoms with van der Waals surface area (Å²) in [6, 6.07) is 3.68. The van der Waals surface area contributed by atoms with E-state index in [1.807, 2.05) is 6.07 Å². The van der Waals surface area contributed by atoms with Gasteiger partial charge in [-0.1, -0.05) is 0 Å². The summed E-state index contributed by atoms with van der Waals surface area (Å²) >= 11 is 0. The third-order valence-electron chi connectivity index (χ3n) is 3.14. The van der Waals surface area contributed by atoms with Crippen molar-refractivity contribution in [2.24, 2.45) is 5.73 Å². The third-order valence-corrected chi connectivity index (χ3v) is 3.14. The summed E-state index contributed by atoms with van der Waals surface area (Å²) in [5.74, 6) is 1.36. The summed E-state index contributed by atoms with van der Waals surface area (Å²) in [4.78, 5) is 0. The smallest absolute Gasteiger partial charge is 0.123 e. The van der Waals surface area contributed by atoms with Crippen LogP contribution in [0.25, 0.3) is 0 Å². The van der Waals surface area contributed by atoms with Gasteiger partial charge in [0.2, 0.25) is 0 Å².